The number of likely N-dealkylation sites (N-methyl/N-ethyl adjacent to an activating group) is 1. The average Bonchev–Trinajstić information content (AvgIpc) is 3.22. The third-order valence-electron chi connectivity index (χ3n) is 5.99. The number of nitrogens with zero attached hydrogens (tertiary/aromatic N) is 3. The molecular formula is C26H21N3O. The van der Waals surface area contributed by atoms with Gasteiger partial charge in [0.2, 0.25) is 0 Å². The highest BCUT2D eigenvalue weighted by atomic mass is 16.3. The fourth-order valence-electron chi connectivity index (χ4n) is 4.52. The Morgan fingerprint density at radius 3 is 2.67 bits per heavy atom. The first-order valence-corrected chi connectivity index (χ1v) is 10.3. The molecule has 4 nitrogen and oxygen atoms in total. The highest BCUT2D eigenvalue weighted by molar-refractivity contribution is 5.80. The summed E-state index contributed by atoms with van der Waals surface area (Å²) in [6.45, 7) is 1.85. The third-order valence-corrected chi connectivity index (χ3v) is 5.99. The van der Waals surface area contributed by atoms with Crippen molar-refractivity contribution in [3.63, 3.8) is 0 Å². The third kappa shape index (κ3) is 2.88. The lowest BCUT2D eigenvalue weighted by Crippen LogP contribution is -2.30. The predicted octanol–water partition coefficient (Wildman–Crippen LogP) is 5.62. The molecule has 0 saturated heterocycles. The summed E-state index contributed by atoms with van der Waals surface area (Å²) in [4.78, 5) is 11.7. The SMILES string of the molecule is CN1Cc2cc(-c3ncc4ccccc4n3)ccc2C(c2cc3ccccc3o2)C1. The van der Waals surface area contributed by atoms with Gasteiger partial charge < -0.3 is 9.32 Å². The number of para-hydroxylation sites is 2. The number of aromatic nitrogens is 2. The van der Waals surface area contributed by atoms with E-state index in [2.05, 4.69) is 53.3 Å². The van der Waals surface area contributed by atoms with Gasteiger partial charge in [-0.3, -0.25) is 0 Å². The highest BCUT2D eigenvalue weighted by Crippen LogP contribution is 2.37. The Labute approximate surface area is 174 Å². The molecule has 0 bridgehead atoms. The van der Waals surface area contributed by atoms with Crippen LogP contribution in [0.2, 0.25) is 0 Å². The van der Waals surface area contributed by atoms with Crippen LogP contribution in [-0.4, -0.2) is 28.5 Å². The Bertz CT molecular complexity index is 1350. The molecule has 1 aliphatic rings. The van der Waals surface area contributed by atoms with Crippen LogP contribution in [0.5, 0.6) is 0 Å². The van der Waals surface area contributed by atoms with Crippen molar-refractivity contribution >= 4 is 21.9 Å². The quantitative estimate of drug-likeness (QED) is 0.392. The van der Waals surface area contributed by atoms with Crippen molar-refractivity contribution in [1.82, 2.24) is 14.9 Å². The molecular weight excluding hydrogens is 370 g/mol. The minimum absolute atomic E-state index is 0.220. The van der Waals surface area contributed by atoms with E-state index in [1.54, 1.807) is 0 Å². The molecule has 3 aromatic carbocycles. The molecule has 1 unspecified atom stereocenters. The van der Waals surface area contributed by atoms with E-state index in [0.717, 1.165) is 52.1 Å². The van der Waals surface area contributed by atoms with Crippen LogP contribution in [-0.2, 0) is 6.54 Å². The number of hydrogen-bond acceptors (Lipinski definition) is 4. The molecule has 0 spiro atoms. The zero-order chi connectivity index (χ0) is 20.1. The minimum atomic E-state index is 0.220. The first kappa shape index (κ1) is 17.4. The zero-order valence-corrected chi connectivity index (χ0v) is 16.7. The summed E-state index contributed by atoms with van der Waals surface area (Å²) in [7, 11) is 2.16. The van der Waals surface area contributed by atoms with Gasteiger partial charge >= 0.3 is 0 Å². The molecule has 0 amide bonds. The van der Waals surface area contributed by atoms with Gasteiger partial charge in [0.05, 0.1) is 11.4 Å². The Morgan fingerprint density at radius 1 is 0.933 bits per heavy atom. The monoisotopic (exact) mass is 391 g/mol. The summed E-state index contributed by atoms with van der Waals surface area (Å²) in [6, 6.07) is 25.1. The summed E-state index contributed by atoms with van der Waals surface area (Å²) in [5.41, 5.74) is 5.61. The Hall–Kier alpha value is -3.50. The summed E-state index contributed by atoms with van der Waals surface area (Å²) in [6.07, 6.45) is 1.90. The Morgan fingerprint density at radius 2 is 1.77 bits per heavy atom. The van der Waals surface area contributed by atoms with Gasteiger partial charge in [0.1, 0.15) is 11.3 Å². The predicted molar refractivity (Wildman–Crippen MR) is 119 cm³/mol. The maximum Gasteiger partial charge on any atom is 0.159 e. The Kier molecular flexibility index (Phi) is 3.93. The smallest absolute Gasteiger partial charge is 0.159 e. The van der Waals surface area contributed by atoms with Crippen molar-refractivity contribution in [2.45, 2.75) is 12.5 Å². The fourth-order valence-corrected chi connectivity index (χ4v) is 4.52. The molecule has 0 aliphatic carbocycles. The lowest BCUT2D eigenvalue weighted by Gasteiger charge is -2.31. The van der Waals surface area contributed by atoms with E-state index in [9.17, 15) is 0 Å². The second-order valence-electron chi connectivity index (χ2n) is 8.10. The molecule has 2 aromatic heterocycles. The summed E-state index contributed by atoms with van der Waals surface area (Å²) < 4.78 is 6.22. The maximum absolute atomic E-state index is 6.22. The number of benzene rings is 3. The van der Waals surface area contributed by atoms with Crippen LogP contribution < -0.4 is 0 Å². The molecule has 6 rings (SSSR count). The van der Waals surface area contributed by atoms with Crippen LogP contribution >= 0.6 is 0 Å². The average molecular weight is 391 g/mol. The molecule has 0 radical (unpaired) electrons. The van der Waals surface area contributed by atoms with Crippen molar-refractivity contribution in [3.8, 4) is 11.4 Å². The van der Waals surface area contributed by atoms with Gasteiger partial charge in [0.15, 0.2) is 5.82 Å². The standard InChI is InChI=1S/C26H21N3O/c1-29-15-20-12-18(26-27-14-19-7-2-4-8-23(19)28-26)10-11-21(20)22(16-29)25-13-17-6-3-5-9-24(17)30-25/h2-14,22H,15-16H2,1H3. The number of fused-ring (bicyclic) bond motifs is 3. The van der Waals surface area contributed by atoms with Gasteiger partial charge in [-0.05, 0) is 42.4 Å². The van der Waals surface area contributed by atoms with Crippen molar-refractivity contribution in [2.24, 2.45) is 0 Å². The largest absolute Gasteiger partial charge is 0.460 e. The van der Waals surface area contributed by atoms with E-state index in [4.69, 9.17) is 9.40 Å². The maximum atomic E-state index is 6.22. The number of rotatable bonds is 2. The molecule has 1 aliphatic heterocycles. The van der Waals surface area contributed by atoms with Crippen molar-refractivity contribution in [3.05, 3.63) is 95.9 Å². The fraction of sp³-hybridized carbons (Fsp3) is 0.154. The molecule has 0 saturated carbocycles. The van der Waals surface area contributed by atoms with Crippen molar-refractivity contribution < 1.29 is 4.42 Å². The van der Waals surface area contributed by atoms with Gasteiger partial charge in [-0.2, -0.15) is 0 Å². The lowest BCUT2D eigenvalue weighted by molar-refractivity contribution is 0.282. The Balaban J connectivity index is 1.43. The van der Waals surface area contributed by atoms with Gasteiger partial charge in [0.25, 0.3) is 0 Å². The van der Waals surface area contributed by atoms with E-state index >= 15 is 0 Å². The van der Waals surface area contributed by atoms with Crippen LogP contribution in [0.15, 0.2) is 83.4 Å². The minimum Gasteiger partial charge on any atom is -0.460 e. The van der Waals surface area contributed by atoms with E-state index < -0.39 is 0 Å². The number of hydrogen-bond donors (Lipinski definition) is 0. The second kappa shape index (κ2) is 6.78. The van der Waals surface area contributed by atoms with Gasteiger partial charge in [0, 0.05) is 35.6 Å². The lowest BCUT2D eigenvalue weighted by atomic mass is 9.87. The molecule has 5 aromatic rings. The molecule has 4 heteroatoms. The number of furan rings is 1. The molecule has 3 heterocycles. The van der Waals surface area contributed by atoms with E-state index in [1.165, 1.54) is 11.1 Å². The molecule has 1 atom stereocenters. The van der Waals surface area contributed by atoms with Crippen LogP contribution in [0.3, 0.4) is 0 Å². The summed E-state index contributed by atoms with van der Waals surface area (Å²) in [5.74, 6) is 2.02. The van der Waals surface area contributed by atoms with Crippen LogP contribution in [0.4, 0.5) is 0 Å². The van der Waals surface area contributed by atoms with Crippen LogP contribution in [0.25, 0.3) is 33.3 Å². The van der Waals surface area contributed by atoms with E-state index in [1.807, 2.05) is 42.6 Å². The van der Waals surface area contributed by atoms with Crippen LogP contribution in [0, 0.1) is 0 Å². The summed E-state index contributed by atoms with van der Waals surface area (Å²) >= 11 is 0. The van der Waals surface area contributed by atoms with Crippen LogP contribution in [0.1, 0.15) is 22.8 Å². The first-order chi connectivity index (χ1) is 14.7. The zero-order valence-electron chi connectivity index (χ0n) is 16.7. The first-order valence-electron chi connectivity index (χ1n) is 10.3. The normalized spacial score (nSPS) is 16.8. The second-order valence-corrected chi connectivity index (χ2v) is 8.10. The van der Waals surface area contributed by atoms with E-state index in [-0.39, 0.29) is 5.92 Å². The van der Waals surface area contributed by atoms with E-state index in [0.29, 0.717) is 0 Å². The molecule has 0 N–H and O–H groups in total. The van der Waals surface area contributed by atoms with Gasteiger partial charge in [-0.1, -0.05) is 48.5 Å². The molecule has 30 heavy (non-hydrogen) atoms. The summed E-state index contributed by atoms with van der Waals surface area (Å²) in [5, 5.41) is 2.22. The molecule has 0 fully saturated rings. The highest BCUT2D eigenvalue weighted by Gasteiger charge is 2.28. The van der Waals surface area contributed by atoms with Gasteiger partial charge in [-0.25, -0.2) is 9.97 Å². The molecule has 146 valence electrons. The van der Waals surface area contributed by atoms with Crippen molar-refractivity contribution in [1.29, 1.82) is 0 Å². The topological polar surface area (TPSA) is 42.2 Å². The van der Waals surface area contributed by atoms with Gasteiger partial charge in [-0.15, -0.1) is 0 Å². The van der Waals surface area contributed by atoms with Crippen molar-refractivity contribution in [2.75, 3.05) is 13.6 Å².